The zero-order chi connectivity index (χ0) is 14.6. The number of nitrogens with zero attached hydrogens (tertiary/aromatic N) is 1. The van der Waals surface area contributed by atoms with Crippen molar-refractivity contribution in [1.29, 1.82) is 0 Å². The van der Waals surface area contributed by atoms with Crippen LogP contribution in [0.5, 0.6) is 0 Å². The van der Waals surface area contributed by atoms with Gasteiger partial charge in [-0.1, -0.05) is 26.7 Å². The van der Waals surface area contributed by atoms with E-state index in [9.17, 15) is 9.59 Å². The minimum Gasteiger partial charge on any atom is -0.481 e. The maximum Gasteiger partial charge on any atom is 0.305 e. The van der Waals surface area contributed by atoms with Gasteiger partial charge in [0.05, 0.1) is 6.42 Å². The Labute approximate surface area is 116 Å². The Morgan fingerprint density at radius 1 is 1.37 bits per heavy atom. The molecule has 1 aliphatic carbocycles. The van der Waals surface area contributed by atoms with Crippen LogP contribution in [-0.4, -0.2) is 34.5 Å². The van der Waals surface area contributed by atoms with Gasteiger partial charge in [0.15, 0.2) is 0 Å². The van der Waals surface area contributed by atoms with Gasteiger partial charge in [-0.25, -0.2) is 0 Å². The summed E-state index contributed by atoms with van der Waals surface area (Å²) in [5.41, 5.74) is 0.0334. The van der Waals surface area contributed by atoms with Crippen LogP contribution in [0.3, 0.4) is 0 Å². The lowest BCUT2D eigenvalue weighted by Crippen LogP contribution is -2.47. The molecule has 0 spiro atoms. The smallest absolute Gasteiger partial charge is 0.305 e. The van der Waals surface area contributed by atoms with Crippen LogP contribution in [0.15, 0.2) is 0 Å². The molecule has 19 heavy (non-hydrogen) atoms. The number of amides is 1. The van der Waals surface area contributed by atoms with Gasteiger partial charge in [-0.05, 0) is 32.1 Å². The van der Waals surface area contributed by atoms with Crippen molar-refractivity contribution in [3.8, 4) is 0 Å². The molecule has 0 aromatic carbocycles. The fraction of sp³-hybridized carbons (Fsp3) is 0.867. The molecular formula is C15H27NO3. The summed E-state index contributed by atoms with van der Waals surface area (Å²) in [6.07, 6.45) is 4.32. The molecule has 110 valence electrons. The van der Waals surface area contributed by atoms with Crippen LogP contribution in [0.25, 0.3) is 0 Å². The molecule has 1 aliphatic rings. The van der Waals surface area contributed by atoms with Crippen molar-refractivity contribution < 1.29 is 14.7 Å². The second-order valence-corrected chi connectivity index (χ2v) is 6.36. The van der Waals surface area contributed by atoms with E-state index in [0.29, 0.717) is 6.54 Å². The molecule has 0 aromatic heterocycles. The van der Waals surface area contributed by atoms with Gasteiger partial charge in [0.25, 0.3) is 0 Å². The summed E-state index contributed by atoms with van der Waals surface area (Å²) in [5, 5.41) is 8.89. The molecule has 1 fully saturated rings. The van der Waals surface area contributed by atoms with Crippen LogP contribution in [0, 0.1) is 11.3 Å². The van der Waals surface area contributed by atoms with Gasteiger partial charge in [-0.15, -0.1) is 0 Å². The molecular weight excluding hydrogens is 242 g/mol. The normalized spacial score (nSPS) is 23.7. The summed E-state index contributed by atoms with van der Waals surface area (Å²) in [4.78, 5) is 25.3. The van der Waals surface area contributed by atoms with Gasteiger partial charge in [0, 0.05) is 18.5 Å². The van der Waals surface area contributed by atoms with E-state index in [-0.39, 0.29) is 29.7 Å². The first-order valence-electron chi connectivity index (χ1n) is 7.32. The molecule has 0 heterocycles. The average Bonchev–Trinajstić information content (AvgIpc) is 2.27. The number of carboxylic acids is 1. The average molecular weight is 269 g/mol. The highest BCUT2D eigenvalue weighted by atomic mass is 16.4. The van der Waals surface area contributed by atoms with Crippen LogP contribution < -0.4 is 0 Å². The Morgan fingerprint density at radius 3 is 2.47 bits per heavy atom. The number of aliphatic carboxylic acids is 1. The molecule has 0 radical (unpaired) electrons. The predicted octanol–water partition coefficient (Wildman–Crippen LogP) is 2.91. The molecule has 0 saturated heterocycles. The molecule has 1 N–H and O–H groups in total. The third-order valence-electron chi connectivity index (χ3n) is 4.43. The first kappa shape index (κ1) is 16.0. The van der Waals surface area contributed by atoms with Gasteiger partial charge in [0.2, 0.25) is 5.91 Å². The first-order valence-corrected chi connectivity index (χ1v) is 7.32. The van der Waals surface area contributed by atoms with Gasteiger partial charge in [-0.2, -0.15) is 0 Å². The first-order chi connectivity index (χ1) is 8.79. The SMILES string of the molecule is CCN(C(=O)C1CCCCC1(C)C)C(C)CC(=O)O. The molecule has 1 rings (SSSR count). The molecule has 4 nitrogen and oxygen atoms in total. The molecule has 0 aliphatic heterocycles. The molecule has 4 heteroatoms. The van der Waals surface area contributed by atoms with Crippen molar-refractivity contribution >= 4 is 11.9 Å². The molecule has 0 bridgehead atoms. The van der Waals surface area contributed by atoms with Crippen molar-refractivity contribution in [1.82, 2.24) is 4.90 Å². The molecule has 2 atom stereocenters. The van der Waals surface area contributed by atoms with E-state index in [1.54, 1.807) is 4.90 Å². The minimum atomic E-state index is -0.846. The summed E-state index contributed by atoms with van der Waals surface area (Å²) in [5.74, 6) is -0.667. The van der Waals surface area contributed by atoms with Gasteiger partial charge < -0.3 is 10.0 Å². The van der Waals surface area contributed by atoms with E-state index < -0.39 is 5.97 Å². The van der Waals surface area contributed by atoms with Crippen molar-refractivity contribution in [2.75, 3.05) is 6.54 Å². The zero-order valence-electron chi connectivity index (χ0n) is 12.6. The van der Waals surface area contributed by atoms with Crippen LogP contribution in [-0.2, 0) is 9.59 Å². The zero-order valence-corrected chi connectivity index (χ0v) is 12.6. The number of carboxylic acid groups (broad SMARTS) is 1. The lowest BCUT2D eigenvalue weighted by molar-refractivity contribution is -0.145. The van der Waals surface area contributed by atoms with Gasteiger partial charge >= 0.3 is 5.97 Å². The Balaban J connectivity index is 2.79. The largest absolute Gasteiger partial charge is 0.481 e. The fourth-order valence-corrected chi connectivity index (χ4v) is 3.20. The lowest BCUT2D eigenvalue weighted by atomic mass is 9.68. The van der Waals surface area contributed by atoms with E-state index in [1.807, 2.05) is 13.8 Å². The number of carbonyl (C=O) groups excluding carboxylic acids is 1. The Bertz CT molecular complexity index is 338. The molecule has 1 saturated carbocycles. The Morgan fingerprint density at radius 2 is 2.00 bits per heavy atom. The maximum atomic E-state index is 12.7. The highest BCUT2D eigenvalue weighted by molar-refractivity contribution is 5.80. The molecule has 2 unspecified atom stereocenters. The third-order valence-corrected chi connectivity index (χ3v) is 4.43. The second kappa shape index (κ2) is 6.40. The number of rotatable bonds is 5. The Hall–Kier alpha value is -1.06. The summed E-state index contributed by atoms with van der Waals surface area (Å²) in [6, 6.07) is -0.229. The number of hydrogen-bond donors (Lipinski definition) is 1. The lowest BCUT2D eigenvalue weighted by Gasteiger charge is -2.41. The summed E-state index contributed by atoms with van der Waals surface area (Å²) in [6.45, 7) is 8.64. The summed E-state index contributed by atoms with van der Waals surface area (Å²) in [7, 11) is 0. The predicted molar refractivity (Wildman–Crippen MR) is 74.8 cm³/mol. The van der Waals surface area contributed by atoms with E-state index in [0.717, 1.165) is 19.3 Å². The summed E-state index contributed by atoms with van der Waals surface area (Å²) < 4.78 is 0. The molecule has 1 amide bonds. The minimum absolute atomic E-state index is 0.0206. The van der Waals surface area contributed by atoms with E-state index in [4.69, 9.17) is 5.11 Å². The summed E-state index contributed by atoms with van der Waals surface area (Å²) >= 11 is 0. The van der Waals surface area contributed by atoms with E-state index in [2.05, 4.69) is 13.8 Å². The van der Waals surface area contributed by atoms with Crippen molar-refractivity contribution in [2.45, 2.75) is 65.8 Å². The third kappa shape index (κ3) is 3.95. The molecule has 0 aromatic rings. The Kier molecular flexibility index (Phi) is 5.39. The standard InChI is InChI=1S/C15H27NO3/c1-5-16(11(2)10-13(17)18)14(19)12-8-6-7-9-15(12,3)4/h11-12H,5-10H2,1-4H3,(H,17,18). The quantitative estimate of drug-likeness (QED) is 0.835. The number of hydrogen-bond acceptors (Lipinski definition) is 2. The van der Waals surface area contributed by atoms with Crippen LogP contribution in [0.1, 0.15) is 59.8 Å². The van der Waals surface area contributed by atoms with Crippen LogP contribution in [0.4, 0.5) is 0 Å². The van der Waals surface area contributed by atoms with E-state index >= 15 is 0 Å². The van der Waals surface area contributed by atoms with Crippen LogP contribution in [0.2, 0.25) is 0 Å². The van der Waals surface area contributed by atoms with Crippen LogP contribution >= 0.6 is 0 Å². The topological polar surface area (TPSA) is 57.6 Å². The van der Waals surface area contributed by atoms with Gasteiger partial charge in [0.1, 0.15) is 0 Å². The fourth-order valence-electron chi connectivity index (χ4n) is 3.20. The van der Waals surface area contributed by atoms with E-state index in [1.165, 1.54) is 6.42 Å². The van der Waals surface area contributed by atoms with Crippen molar-refractivity contribution in [3.05, 3.63) is 0 Å². The maximum absolute atomic E-state index is 12.7. The monoisotopic (exact) mass is 269 g/mol. The van der Waals surface area contributed by atoms with Crippen molar-refractivity contribution in [3.63, 3.8) is 0 Å². The second-order valence-electron chi connectivity index (χ2n) is 6.36. The highest BCUT2D eigenvalue weighted by Gasteiger charge is 2.39. The van der Waals surface area contributed by atoms with Gasteiger partial charge in [-0.3, -0.25) is 9.59 Å². The van der Waals surface area contributed by atoms with Crippen molar-refractivity contribution in [2.24, 2.45) is 11.3 Å². The number of carbonyl (C=O) groups is 2. The highest BCUT2D eigenvalue weighted by Crippen LogP contribution is 2.41.